The van der Waals surface area contributed by atoms with Crippen molar-refractivity contribution < 1.29 is 4.79 Å². The normalized spacial score (nSPS) is 18.2. The predicted octanol–water partition coefficient (Wildman–Crippen LogP) is 3.53. The maximum absolute atomic E-state index is 13.5. The first-order valence-corrected chi connectivity index (χ1v) is 14.0. The number of anilines is 2. The van der Waals surface area contributed by atoms with E-state index in [-0.39, 0.29) is 5.92 Å². The van der Waals surface area contributed by atoms with Crippen molar-refractivity contribution in [3.63, 3.8) is 0 Å². The number of benzene rings is 1. The van der Waals surface area contributed by atoms with Crippen LogP contribution in [0.5, 0.6) is 0 Å². The maximum Gasteiger partial charge on any atom is 0.226 e. The Balaban J connectivity index is 1.03. The summed E-state index contributed by atoms with van der Waals surface area (Å²) in [6.07, 6.45) is 10.5. The highest BCUT2D eigenvalue weighted by molar-refractivity contribution is 7.19. The van der Waals surface area contributed by atoms with Gasteiger partial charge >= 0.3 is 0 Å². The second kappa shape index (κ2) is 9.80. The Labute approximate surface area is 223 Å². The molecule has 7 rings (SSSR count). The van der Waals surface area contributed by atoms with Crippen LogP contribution in [0.3, 0.4) is 0 Å². The first kappa shape index (κ1) is 23.3. The molecular weight excluding hydrogens is 498 g/mol. The van der Waals surface area contributed by atoms with E-state index in [1.807, 2.05) is 24.5 Å². The Bertz CT molecular complexity index is 1580. The summed E-state index contributed by atoms with van der Waals surface area (Å²) in [6.45, 7) is 4.41. The molecule has 1 aromatic carbocycles. The van der Waals surface area contributed by atoms with E-state index < -0.39 is 0 Å². The summed E-state index contributed by atoms with van der Waals surface area (Å²) < 4.78 is 0. The van der Waals surface area contributed by atoms with Crippen LogP contribution in [0.4, 0.5) is 11.5 Å². The molecule has 0 bridgehead atoms. The molecule has 1 aliphatic heterocycles. The molecule has 11 heteroatoms. The third kappa shape index (κ3) is 4.41. The standard InChI is InChI=1S/C27H29N9OS/c37-27(36-11-9-35(10-12-36)8-5-23-28-6-7-29-23)17-1-3-20-22(14-17)38-26-24(20)25(30-16-31-26)33-19-2-4-21-18(13-19)15-32-34-21/h2,4,6-7,13,15-17H,1,3,5,8-12,14H2,(H,28,29)(H,32,34)(H,30,31,33). The Kier molecular flexibility index (Phi) is 6.01. The number of carbonyl (C=O) groups excluding carboxylic acids is 1. The van der Waals surface area contributed by atoms with Gasteiger partial charge in [-0.05, 0) is 43.0 Å². The lowest BCUT2D eigenvalue weighted by molar-refractivity contribution is -0.137. The third-order valence-corrected chi connectivity index (χ3v) is 8.96. The molecule has 5 aromatic rings. The number of fused-ring (bicyclic) bond motifs is 4. The van der Waals surface area contributed by atoms with Crippen LogP contribution in [0.2, 0.25) is 0 Å². The van der Waals surface area contributed by atoms with Gasteiger partial charge in [-0.1, -0.05) is 0 Å². The summed E-state index contributed by atoms with van der Waals surface area (Å²) in [5.74, 6) is 2.19. The SMILES string of the molecule is O=C(C1CCc2c(sc3ncnc(Nc4ccc5[nH]ncc5c4)c23)C1)N1CCN(CCc2ncc[nH]2)CC1. The Morgan fingerprint density at radius 2 is 2.08 bits per heavy atom. The maximum atomic E-state index is 13.5. The van der Waals surface area contributed by atoms with Crippen molar-refractivity contribution in [2.24, 2.45) is 5.92 Å². The van der Waals surface area contributed by atoms with Crippen LogP contribution in [0, 0.1) is 5.92 Å². The molecular formula is C27H29N9OS. The van der Waals surface area contributed by atoms with Gasteiger partial charge < -0.3 is 15.2 Å². The zero-order valence-electron chi connectivity index (χ0n) is 21.0. The summed E-state index contributed by atoms with van der Waals surface area (Å²) >= 11 is 1.71. The molecule has 1 fully saturated rings. The van der Waals surface area contributed by atoms with Gasteiger partial charge in [-0.25, -0.2) is 15.0 Å². The van der Waals surface area contributed by atoms with Gasteiger partial charge in [-0.15, -0.1) is 11.3 Å². The van der Waals surface area contributed by atoms with Crippen LogP contribution in [-0.2, 0) is 24.1 Å². The van der Waals surface area contributed by atoms with Crippen molar-refractivity contribution in [3.05, 3.63) is 59.4 Å². The van der Waals surface area contributed by atoms with Gasteiger partial charge in [0.2, 0.25) is 5.91 Å². The summed E-state index contributed by atoms with van der Waals surface area (Å²) in [5, 5.41) is 12.7. The molecule has 1 atom stereocenters. The van der Waals surface area contributed by atoms with Crippen LogP contribution >= 0.6 is 11.3 Å². The zero-order chi connectivity index (χ0) is 25.5. The number of nitrogens with one attached hydrogen (secondary N) is 3. The number of rotatable bonds is 6. The van der Waals surface area contributed by atoms with E-state index in [1.165, 1.54) is 10.4 Å². The Morgan fingerprint density at radius 1 is 1.16 bits per heavy atom. The number of H-pyrrole nitrogens is 2. The van der Waals surface area contributed by atoms with E-state index >= 15 is 0 Å². The van der Waals surface area contributed by atoms with Crippen molar-refractivity contribution in [3.8, 4) is 0 Å². The highest BCUT2D eigenvalue weighted by atomic mass is 32.1. The van der Waals surface area contributed by atoms with Crippen molar-refractivity contribution in [1.82, 2.24) is 39.9 Å². The second-order valence-electron chi connectivity index (χ2n) is 10.1. The Hall–Kier alpha value is -3.83. The number of nitrogens with zero attached hydrogens (tertiary/aromatic N) is 6. The zero-order valence-corrected chi connectivity index (χ0v) is 21.8. The lowest BCUT2D eigenvalue weighted by Crippen LogP contribution is -2.51. The van der Waals surface area contributed by atoms with Gasteiger partial charge in [0.1, 0.15) is 22.8 Å². The van der Waals surface area contributed by atoms with Gasteiger partial charge in [0.05, 0.1) is 17.1 Å². The van der Waals surface area contributed by atoms with Crippen LogP contribution < -0.4 is 5.32 Å². The molecule has 194 valence electrons. The van der Waals surface area contributed by atoms with E-state index in [2.05, 4.69) is 51.3 Å². The van der Waals surface area contributed by atoms with Gasteiger partial charge in [-0.2, -0.15) is 5.10 Å². The third-order valence-electron chi connectivity index (χ3n) is 7.80. The Morgan fingerprint density at radius 3 is 2.95 bits per heavy atom. The lowest BCUT2D eigenvalue weighted by Gasteiger charge is -2.37. The fourth-order valence-corrected chi connectivity index (χ4v) is 6.99. The van der Waals surface area contributed by atoms with E-state index in [1.54, 1.807) is 23.9 Å². The number of piperazine rings is 1. The van der Waals surface area contributed by atoms with Gasteiger partial charge in [-0.3, -0.25) is 14.8 Å². The van der Waals surface area contributed by atoms with E-state index in [0.29, 0.717) is 5.91 Å². The average Bonchev–Trinajstić information content (AvgIpc) is 3.71. The highest BCUT2D eigenvalue weighted by Crippen LogP contribution is 2.41. The molecule has 2 aliphatic rings. The number of hydrogen-bond acceptors (Lipinski definition) is 8. The fourth-order valence-electron chi connectivity index (χ4n) is 5.72. The summed E-state index contributed by atoms with van der Waals surface area (Å²) in [5.41, 5.74) is 3.26. The molecule has 1 amide bonds. The van der Waals surface area contributed by atoms with Crippen LogP contribution in [0.1, 0.15) is 22.7 Å². The van der Waals surface area contributed by atoms with Crippen molar-refractivity contribution in [1.29, 1.82) is 0 Å². The van der Waals surface area contributed by atoms with Gasteiger partial charge in [0, 0.05) is 73.4 Å². The average molecular weight is 528 g/mol. The van der Waals surface area contributed by atoms with Crippen molar-refractivity contribution in [2.75, 3.05) is 38.0 Å². The first-order valence-electron chi connectivity index (χ1n) is 13.2. The molecule has 1 unspecified atom stereocenters. The molecule has 38 heavy (non-hydrogen) atoms. The number of thiophene rings is 1. The largest absolute Gasteiger partial charge is 0.349 e. The minimum Gasteiger partial charge on any atom is -0.349 e. The fraction of sp³-hybridized carbons (Fsp3) is 0.370. The molecule has 0 radical (unpaired) electrons. The molecule has 1 saturated heterocycles. The van der Waals surface area contributed by atoms with Crippen LogP contribution in [0.25, 0.3) is 21.1 Å². The molecule has 0 saturated carbocycles. The monoisotopic (exact) mass is 527 g/mol. The summed E-state index contributed by atoms with van der Waals surface area (Å²) in [6, 6.07) is 6.11. The molecule has 4 aromatic heterocycles. The highest BCUT2D eigenvalue weighted by Gasteiger charge is 2.32. The van der Waals surface area contributed by atoms with Crippen LogP contribution in [0.15, 0.2) is 43.1 Å². The van der Waals surface area contributed by atoms with E-state index in [4.69, 9.17) is 0 Å². The van der Waals surface area contributed by atoms with Crippen molar-refractivity contribution >= 4 is 49.9 Å². The molecule has 3 N–H and O–H groups in total. The molecule has 0 spiro atoms. The van der Waals surface area contributed by atoms with E-state index in [0.717, 1.165) is 96.9 Å². The predicted molar refractivity (Wildman–Crippen MR) is 148 cm³/mol. The van der Waals surface area contributed by atoms with Gasteiger partial charge in [0.15, 0.2) is 0 Å². The number of aromatic amines is 2. The second-order valence-corrected chi connectivity index (χ2v) is 11.2. The molecule has 5 heterocycles. The number of amides is 1. The quantitative estimate of drug-likeness (QED) is 0.309. The van der Waals surface area contributed by atoms with Gasteiger partial charge in [0.25, 0.3) is 0 Å². The van der Waals surface area contributed by atoms with Crippen LogP contribution in [-0.4, -0.2) is 78.6 Å². The minimum atomic E-state index is 0.0399. The molecule has 10 nitrogen and oxygen atoms in total. The number of carbonyl (C=O) groups is 1. The van der Waals surface area contributed by atoms with Crippen molar-refractivity contribution in [2.45, 2.75) is 25.7 Å². The van der Waals surface area contributed by atoms with E-state index in [9.17, 15) is 4.79 Å². The summed E-state index contributed by atoms with van der Waals surface area (Å²) in [4.78, 5) is 36.9. The minimum absolute atomic E-state index is 0.0399. The number of imidazole rings is 1. The topological polar surface area (TPSA) is 119 Å². The smallest absolute Gasteiger partial charge is 0.226 e. The lowest BCUT2D eigenvalue weighted by atomic mass is 9.86. The summed E-state index contributed by atoms with van der Waals surface area (Å²) in [7, 11) is 0. The number of hydrogen-bond donors (Lipinski definition) is 3. The number of aryl methyl sites for hydroxylation is 1. The number of aromatic nitrogens is 6. The first-order chi connectivity index (χ1) is 18.7. The molecule has 1 aliphatic carbocycles.